The van der Waals surface area contributed by atoms with E-state index in [1.807, 2.05) is 31.2 Å². The average Bonchev–Trinajstić information content (AvgIpc) is 2.78. The number of fused-ring (bicyclic) bond motifs is 1. The molecule has 1 aromatic carbocycles. The molecule has 0 unspecified atom stereocenters. The number of hydrogen-bond acceptors (Lipinski definition) is 3. The molecule has 0 saturated carbocycles. The van der Waals surface area contributed by atoms with E-state index >= 15 is 0 Å². The summed E-state index contributed by atoms with van der Waals surface area (Å²) in [6, 6.07) is 9.45. The highest BCUT2D eigenvalue weighted by molar-refractivity contribution is 9.10. The van der Waals surface area contributed by atoms with E-state index in [1.165, 1.54) is 0 Å². The van der Waals surface area contributed by atoms with Crippen LogP contribution >= 0.6 is 15.9 Å². The van der Waals surface area contributed by atoms with Crippen molar-refractivity contribution >= 4 is 26.9 Å². The summed E-state index contributed by atoms with van der Waals surface area (Å²) < 4.78 is 6.74. The quantitative estimate of drug-likeness (QED) is 0.789. The van der Waals surface area contributed by atoms with E-state index < -0.39 is 0 Å². The van der Waals surface area contributed by atoms with Gasteiger partial charge in [0.25, 0.3) is 5.56 Å². The lowest BCUT2D eigenvalue weighted by atomic mass is 10.1. The summed E-state index contributed by atoms with van der Waals surface area (Å²) in [6.07, 6.45) is 0.559. The Labute approximate surface area is 117 Å². The Bertz CT molecular complexity index is 805. The second-order valence-corrected chi connectivity index (χ2v) is 5.24. The van der Waals surface area contributed by atoms with Crippen LogP contribution in [0.25, 0.3) is 11.0 Å². The van der Waals surface area contributed by atoms with Crippen molar-refractivity contribution in [1.82, 2.24) is 10.2 Å². The van der Waals surface area contributed by atoms with Gasteiger partial charge in [-0.15, -0.1) is 0 Å². The van der Waals surface area contributed by atoms with Crippen molar-refractivity contribution in [3.05, 3.63) is 62.2 Å². The lowest BCUT2D eigenvalue weighted by Crippen LogP contribution is -2.10. The van der Waals surface area contributed by atoms with Crippen molar-refractivity contribution in [2.75, 3.05) is 0 Å². The number of aryl methyl sites for hydroxylation is 1. The van der Waals surface area contributed by atoms with Crippen molar-refractivity contribution in [2.45, 2.75) is 13.3 Å². The van der Waals surface area contributed by atoms with Crippen molar-refractivity contribution in [3.8, 4) is 0 Å². The Morgan fingerprint density at radius 1 is 1.37 bits per heavy atom. The highest BCUT2D eigenvalue weighted by Gasteiger charge is 2.09. The molecule has 2 heterocycles. The smallest absolute Gasteiger partial charge is 0.264 e. The first kappa shape index (κ1) is 12.2. The van der Waals surface area contributed by atoms with Gasteiger partial charge in [-0.2, -0.15) is 5.10 Å². The van der Waals surface area contributed by atoms with E-state index in [1.54, 1.807) is 6.07 Å². The minimum atomic E-state index is -0.196. The van der Waals surface area contributed by atoms with E-state index in [4.69, 9.17) is 4.42 Å². The highest BCUT2D eigenvalue weighted by Crippen LogP contribution is 2.28. The molecule has 0 fully saturated rings. The number of hydrogen-bond donors (Lipinski definition) is 1. The van der Waals surface area contributed by atoms with Gasteiger partial charge in [0.15, 0.2) is 0 Å². The molecule has 0 aliphatic heterocycles. The van der Waals surface area contributed by atoms with Crippen LogP contribution in [0.2, 0.25) is 0 Å². The second-order valence-electron chi connectivity index (χ2n) is 4.39. The molecule has 19 heavy (non-hydrogen) atoms. The van der Waals surface area contributed by atoms with Gasteiger partial charge in [0.05, 0.1) is 10.2 Å². The fourth-order valence-electron chi connectivity index (χ4n) is 2.04. The number of H-pyrrole nitrogens is 1. The van der Waals surface area contributed by atoms with Crippen molar-refractivity contribution in [3.63, 3.8) is 0 Å². The monoisotopic (exact) mass is 318 g/mol. The molecule has 1 N–H and O–H groups in total. The first-order valence-corrected chi connectivity index (χ1v) is 6.65. The summed E-state index contributed by atoms with van der Waals surface area (Å²) in [4.78, 5) is 11.3. The van der Waals surface area contributed by atoms with Gasteiger partial charge < -0.3 is 4.42 Å². The van der Waals surface area contributed by atoms with Crippen LogP contribution in [-0.4, -0.2) is 10.2 Å². The molecule has 4 nitrogen and oxygen atoms in total. The number of aromatic nitrogens is 2. The zero-order valence-corrected chi connectivity index (χ0v) is 11.8. The Hall–Kier alpha value is -1.88. The maximum absolute atomic E-state index is 11.3. The SMILES string of the molecule is Cc1n[nH]c(=O)cc1Cc1cc2cccc(Br)c2o1. The molecule has 2 aromatic heterocycles. The van der Waals surface area contributed by atoms with E-state index in [9.17, 15) is 4.79 Å². The molecule has 0 aliphatic rings. The Kier molecular flexibility index (Phi) is 2.98. The first-order chi connectivity index (χ1) is 9.13. The first-order valence-electron chi connectivity index (χ1n) is 5.85. The number of para-hydroxylation sites is 1. The van der Waals surface area contributed by atoms with Crippen LogP contribution in [0.4, 0.5) is 0 Å². The molecular weight excluding hydrogens is 308 g/mol. The Morgan fingerprint density at radius 2 is 2.21 bits per heavy atom. The second kappa shape index (κ2) is 4.66. The van der Waals surface area contributed by atoms with Gasteiger partial charge in [-0.1, -0.05) is 12.1 Å². The van der Waals surface area contributed by atoms with Crippen molar-refractivity contribution < 1.29 is 4.42 Å². The maximum atomic E-state index is 11.3. The third kappa shape index (κ3) is 2.33. The third-order valence-corrected chi connectivity index (χ3v) is 3.64. The molecule has 0 bridgehead atoms. The topological polar surface area (TPSA) is 58.9 Å². The van der Waals surface area contributed by atoms with Gasteiger partial charge in [0.2, 0.25) is 0 Å². The van der Waals surface area contributed by atoms with E-state index in [0.29, 0.717) is 6.42 Å². The van der Waals surface area contributed by atoms with E-state index in [-0.39, 0.29) is 5.56 Å². The molecule has 3 aromatic rings. The maximum Gasteiger partial charge on any atom is 0.264 e. The molecule has 5 heteroatoms. The molecule has 96 valence electrons. The number of nitrogens with one attached hydrogen (secondary N) is 1. The van der Waals surface area contributed by atoms with Crippen molar-refractivity contribution in [2.24, 2.45) is 0 Å². The molecule has 0 atom stereocenters. The van der Waals surface area contributed by atoms with Crippen LogP contribution in [-0.2, 0) is 6.42 Å². The molecule has 0 saturated heterocycles. The summed E-state index contributed by atoms with van der Waals surface area (Å²) >= 11 is 3.46. The number of nitrogens with zero attached hydrogens (tertiary/aromatic N) is 1. The van der Waals surface area contributed by atoms with Gasteiger partial charge in [-0.05, 0) is 40.5 Å². The van der Waals surface area contributed by atoms with Gasteiger partial charge in [0, 0.05) is 17.9 Å². The van der Waals surface area contributed by atoms with Gasteiger partial charge in [-0.25, -0.2) is 5.10 Å². The standard InChI is InChI=1S/C14H11BrN2O2/c1-8-10(7-13(18)17-16-8)6-11-5-9-3-2-4-12(15)14(9)19-11/h2-5,7H,6H2,1H3,(H,17,18). The number of aromatic amines is 1. The highest BCUT2D eigenvalue weighted by atomic mass is 79.9. The third-order valence-electron chi connectivity index (χ3n) is 3.02. The zero-order valence-electron chi connectivity index (χ0n) is 10.2. The predicted octanol–water partition coefficient (Wildman–Crippen LogP) is 3.18. The summed E-state index contributed by atoms with van der Waals surface area (Å²) in [7, 11) is 0. The Morgan fingerprint density at radius 3 is 3.00 bits per heavy atom. The fourth-order valence-corrected chi connectivity index (χ4v) is 2.50. The molecule has 0 spiro atoms. The minimum absolute atomic E-state index is 0.196. The van der Waals surface area contributed by atoms with Crippen molar-refractivity contribution in [1.29, 1.82) is 0 Å². The molecular formula is C14H11BrN2O2. The van der Waals surface area contributed by atoms with Crippen LogP contribution in [0.15, 0.2) is 44.0 Å². The molecule has 0 aliphatic carbocycles. The molecule has 0 amide bonds. The summed E-state index contributed by atoms with van der Waals surface area (Å²) in [5.74, 6) is 0.817. The fraction of sp³-hybridized carbons (Fsp3) is 0.143. The summed E-state index contributed by atoms with van der Waals surface area (Å²) in [6.45, 7) is 1.86. The lowest BCUT2D eigenvalue weighted by molar-refractivity contribution is 0.560. The summed E-state index contributed by atoms with van der Waals surface area (Å²) in [5, 5.41) is 7.42. The number of rotatable bonds is 2. The van der Waals surface area contributed by atoms with Gasteiger partial charge in [0.1, 0.15) is 11.3 Å². The average molecular weight is 319 g/mol. The Balaban J connectivity index is 2.04. The number of halogens is 1. The van der Waals surface area contributed by atoms with E-state index in [2.05, 4.69) is 26.1 Å². The van der Waals surface area contributed by atoms with Crippen LogP contribution in [0, 0.1) is 6.92 Å². The number of furan rings is 1. The molecule has 0 radical (unpaired) electrons. The number of benzene rings is 1. The summed E-state index contributed by atoms with van der Waals surface area (Å²) in [5.41, 5.74) is 2.31. The van der Waals surface area contributed by atoms with Crippen LogP contribution in [0.1, 0.15) is 17.0 Å². The molecule has 3 rings (SSSR count). The minimum Gasteiger partial charge on any atom is -0.460 e. The van der Waals surface area contributed by atoms with Gasteiger partial charge in [-0.3, -0.25) is 4.79 Å². The van der Waals surface area contributed by atoms with Gasteiger partial charge >= 0.3 is 0 Å². The predicted molar refractivity (Wildman–Crippen MR) is 76.3 cm³/mol. The van der Waals surface area contributed by atoms with Crippen LogP contribution < -0.4 is 5.56 Å². The van der Waals surface area contributed by atoms with Crippen LogP contribution in [0.3, 0.4) is 0 Å². The largest absolute Gasteiger partial charge is 0.460 e. The van der Waals surface area contributed by atoms with E-state index in [0.717, 1.165) is 32.5 Å². The normalized spacial score (nSPS) is 11.1. The lowest BCUT2D eigenvalue weighted by Gasteiger charge is -2.00. The zero-order chi connectivity index (χ0) is 13.4. The van der Waals surface area contributed by atoms with Crippen LogP contribution in [0.5, 0.6) is 0 Å².